The van der Waals surface area contributed by atoms with E-state index >= 15 is 0 Å². The zero-order chi connectivity index (χ0) is 9.52. The van der Waals surface area contributed by atoms with Gasteiger partial charge in [-0.3, -0.25) is 0 Å². The SMILES string of the molecule is C=Cc1ccc(C#CCCO)cc1. The Kier molecular flexibility index (Phi) is 3.81. The van der Waals surface area contributed by atoms with Crippen LogP contribution < -0.4 is 0 Å². The molecule has 0 amide bonds. The van der Waals surface area contributed by atoms with Crippen molar-refractivity contribution in [2.45, 2.75) is 6.42 Å². The molecule has 0 fully saturated rings. The van der Waals surface area contributed by atoms with Gasteiger partial charge < -0.3 is 5.11 Å². The van der Waals surface area contributed by atoms with E-state index in [2.05, 4.69) is 18.4 Å². The molecule has 0 spiro atoms. The molecule has 0 atom stereocenters. The van der Waals surface area contributed by atoms with Gasteiger partial charge in [-0.2, -0.15) is 0 Å². The van der Waals surface area contributed by atoms with Crippen LogP contribution in [0.3, 0.4) is 0 Å². The van der Waals surface area contributed by atoms with Crippen LogP contribution in [-0.4, -0.2) is 11.7 Å². The van der Waals surface area contributed by atoms with E-state index in [0.29, 0.717) is 6.42 Å². The first-order chi connectivity index (χ1) is 6.36. The predicted octanol–water partition coefficient (Wildman–Crippen LogP) is 2.06. The molecule has 13 heavy (non-hydrogen) atoms. The highest BCUT2D eigenvalue weighted by molar-refractivity contribution is 5.49. The first-order valence-corrected chi connectivity index (χ1v) is 4.19. The Balaban J connectivity index is 2.71. The molecule has 0 saturated heterocycles. The van der Waals surface area contributed by atoms with Crippen LogP contribution in [-0.2, 0) is 0 Å². The minimum absolute atomic E-state index is 0.123. The van der Waals surface area contributed by atoms with Gasteiger partial charge in [0.25, 0.3) is 0 Å². The molecule has 0 aliphatic carbocycles. The molecule has 1 N–H and O–H groups in total. The number of rotatable bonds is 2. The van der Waals surface area contributed by atoms with Crippen LogP contribution in [0.5, 0.6) is 0 Å². The molecule has 1 nitrogen and oxygen atoms in total. The lowest BCUT2D eigenvalue weighted by Crippen LogP contribution is -1.78. The predicted molar refractivity (Wildman–Crippen MR) is 55.1 cm³/mol. The van der Waals surface area contributed by atoms with E-state index in [1.807, 2.05) is 24.3 Å². The first-order valence-electron chi connectivity index (χ1n) is 4.19. The first kappa shape index (κ1) is 9.57. The molecule has 1 aromatic carbocycles. The molecule has 0 bridgehead atoms. The van der Waals surface area contributed by atoms with Gasteiger partial charge in [-0.25, -0.2) is 0 Å². The van der Waals surface area contributed by atoms with Gasteiger partial charge in [0, 0.05) is 12.0 Å². The van der Waals surface area contributed by atoms with Gasteiger partial charge in [-0.15, -0.1) is 0 Å². The van der Waals surface area contributed by atoms with Gasteiger partial charge in [0.05, 0.1) is 6.61 Å². The maximum Gasteiger partial charge on any atom is 0.0540 e. The Morgan fingerprint density at radius 2 is 2.00 bits per heavy atom. The molecule has 0 aliphatic heterocycles. The summed E-state index contributed by atoms with van der Waals surface area (Å²) in [6.45, 7) is 3.79. The minimum Gasteiger partial charge on any atom is -0.395 e. The standard InChI is InChI=1S/C12H12O/c1-2-11-6-8-12(9-7-11)5-3-4-10-13/h2,6-9,13H,1,4,10H2. The molecule has 0 unspecified atom stereocenters. The van der Waals surface area contributed by atoms with Gasteiger partial charge in [0.15, 0.2) is 0 Å². The third kappa shape index (κ3) is 3.14. The third-order valence-corrected chi connectivity index (χ3v) is 1.62. The van der Waals surface area contributed by atoms with Gasteiger partial charge in [-0.1, -0.05) is 36.6 Å². The van der Waals surface area contributed by atoms with Crippen LogP contribution in [0.1, 0.15) is 17.5 Å². The summed E-state index contributed by atoms with van der Waals surface area (Å²) < 4.78 is 0. The molecule has 1 rings (SSSR count). The second-order valence-corrected chi connectivity index (χ2v) is 2.60. The van der Waals surface area contributed by atoms with Crippen molar-refractivity contribution in [1.82, 2.24) is 0 Å². The minimum atomic E-state index is 0.123. The van der Waals surface area contributed by atoms with Crippen molar-refractivity contribution in [3.8, 4) is 11.8 Å². The highest BCUT2D eigenvalue weighted by Gasteiger charge is 1.86. The maximum atomic E-state index is 8.51. The van der Waals surface area contributed by atoms with Crippen LogP contribution in [0.4, 0.5) is 0 Å². The third-order valence-electron chi connectivity index (χ3n) is 1.62. The number of benzene rings is 1. The monoisotopic (exact) mass is 172 g/mol. The Labute approximate surface area is 78.7 Å². The highest BCUT2D eigenvalue weighted by atomic mass is 16.2. The van der Waals surface area contributed by atoms with Gasteiger partial charge in [-0.05, 0) is 17.7 Å². The molecule has 0 heterocycles. The van der Waals surface area contributed by atoms with Gasteiger partial charge in [0.1, 0.15) is 0 Å². The Bertz CT molecular complexity index is 324. The smallest absolute Gasteiger partial charge is 0.0540 e. The topological polar surface area (TPSA) is 20.2 Å². The molecule has 1 aromatic rings. The Morgan fingerprint density at radius 1 is 1.31 bits per heavy atom. The Morgan fingerprint density at radius 3 is 2.54 bits per heavy atom. The van der Waals surface area contributed by atoms with Crippen molar-refractivity contribution in [3.05, 3.63) is 42.0 Å². The average Bonchev–Trinajstić information content (AvgIpc) is 2.19. The van der Waals surface area contributed by atoms with Gasteiger partial charge >= 0.3 is 0 Å². The highest BCUT2D eigenvalue weighted by Crippen LogP contribution is 2.03. The van der Waals surface area contributed by atoms with Crippen LogP contribution >= 0.6 is 0 Å². The van der Waals surface area contributed by atoms with Crippen molar-refractivity contribution in [1.29, 1.82) is 0 Å². The molecule has 0 saturated carbocycles. The summed E-state index contributed by atoms with van der Waals surface area (Å²) in [5.41, 5.74) is 2.06. The lowest BCUT2D eigenvalue weighted by atomic mass is 10.1. The van der Waals surface area contributed by atoms with Crippen LogP contribution in [0.2, 0.25) is 0 Å². The van der Waals surface area contributed by atoms with E-state index in [1.165, 1.54) is 0 Å². The number of aliphatic hydroxyl groups is 1. The largest absolute Gasteiger partial charge is 0.395 e. The zero-order valence-electron chi connectivity index (χ0n) is 7.46. The fourth-order valence-electron chi connectivity index (χ4n) is 0.923. The van der Waals surface area contributed by atoms with Crippen molar-refractivity contribution in [3.63, 3.8) is 0 Å². The zero-order valence-corrected chi connectivity index (χ0v) is 7.46. The van der Waals surface area contributed by atoms with E-state index in [1.54, 1.807) is 6.08 Å². The molecule has 0 aliphatic rings. The van der Waals surface area contributed by atoms with Crippen molar-refractivity contribution >= 4 is 6.08 Å². The Hall–Kier alpha value is -1.52. The fraction of sp³-hybridized carbons (Fsp3) is 0.167. The molecular weight excluding hydrogens is 160 g/mol. The van der Waals surface area contributed by atoms with Gasteiger partial charge in [0.2, 0.25) is 0 Å². The van der Waals surface area contributed by atoms with Crippen molar-refractivity contribution in [2.75, 3.05) is 6.61 Å². The van der Waals surface area contributed by atoms with E-state index in [-0.39, 0.29) is 6.61 Å². The van der Waals surface area contributed by atoms with E-state index in [9.17, 15) is 0 Å². The number of hydrogen-bond acceptors (Lipinski definition) is 1. The molecule has 0 radical (unpaired) electrons. The van der Waals surface area contributed by atoms with Crippen LogP contribution in [0.15, 0.2) is 30.8 Å². The summed E-state index contributed by atoms with van der Waals surface area (Å²) in [6, 6.07) is 7.83. The quantitative estimate of drug-likeness (QED) is 0.677. The van der Waals surface area contributed by atoms with E-state index in [4.69, 9.17) is 5.11 Å². The molecule has 1 heteroatoms. The summed E-state index contributed by atoms with van der Waals surface area (Å²) in [5, 5.41) is 8.51. The second kappa shape index (κ2) is 5.18. The fourth-order valence-corrected chi connectivity index (χ4v) is 0.923. The van der Waals surface area contributed by atoms with Crippen molar-refractivity contribution < 1.29 is 5.11 Å². The van der Waals surface area contributed by atoms with Crippen molar-refractivity contribution in [2.24, 2.45) is 0 Å². The van der Waals surface area contributed by atoms with Crippen LogP contribution in [0.25, 0.3) is 6.08 Å². The lowest BCUT2D eigenvalue weighted by Gasteiger charge is -1.92. The lowest BCUT2D eigenvalue weighted by molar-refractivity contribution is 0.305. The summed E-state index contributed by atoms with van der Waals surface area (Å²) in [5.74, 6) is 5.82. The maximum absolute atomic E-state index is 8.51. The van der Waals surface area contributed by atoms with E-state index in [0.717, 1.165) is 11.1 Å². The van der Waals surface area contributed by atoms with E-state index < -0.39 is 0 Å². The summed E-state index contributed by atoms with van der Waals surface area (Å²) >= 11 is 0. The normalized spacial score (nSPS) is 8.69. The second-order valence-electron chi connectivity index (χ2n) is 2.60. The molecular formula is C12H12O. The van der Waals surface area contributed by atoms with Crippen LogP contribution in [0, 0.1) is 11.8 Å². The number of aliphatic hydroxyl groups excluding tert-OH is 1. The average molecular weight is 172 g/mol. The molecule has 66 valence electrons. The summed E-state index contributed by atoms with van der Waals surface area (Å²) in [6.07, 6.45) is 2.33. The summed E-state index contributed by atoms with van der Waals surface area (Å²) in [7, 11) is 0. The number of hydrogen-bond donors (Lipinski definition) is 1. The molecule has 0 aromatic heterocycles. The summed E-state index contributed by atoms with van der Waals surface area (Å²) in [4.78, 5) is 0.